The molecule has 3 heteroatoms. The molecule has 2 rings (SSSR count). The Morgan fingerprint density at radius 2 is 1.78 bits per heavy atom. The van der Waals surface area contributed by atoms with Crippen LogP contribution in [-0.2, 0) is 4.79 Å². The zero-order chi connectivity index (χ0) is 16.7. The van der Waals surface area contributed by atoms with Crippen molar-refractivity contribution in [1.82, 2.24) is 5.32 Å². The molecule has 0 radical (unpaired) electrons. The number of likely N-dealkylation sites (N-methyl/N-ethyl adjacent to an activating group) is 1. The summed E-state index contributed by atoms with van der Waals surface area (Å²) in [5.74, 6) is 1.42. The Kier molecular flexibility index (Phi) is 7.10. The number of nitrogens with one attached hydrogen (secondary N) is 2. The molecule has 1 aromatic rings. The van der Waals surface area contributed by atoms with Crippen LogP contribution in [-0.4, -0.2) is 19.0 Å². The maximum atomic E-state index is 12.5. The molecule has 1 aliphatic carbocycles. The van der Waals surface area contributed by atoms with E-state index in [1.807, 2.05) is 19.2 Å². The fraction of sp³-hybridized carbons (Fsp3) is 0.650. The second-order valence-electron chi connectivity index (χ2n) is 7.19. The van der Waals surface area contributed by atoms with Crippen LogP contribution in [0.15, 0.2) is 24.3 Å². The number of benzene rings is 1. The number of rotatable bonds is 7. The first-order valence-electron chi connectivity index (χ1n) is 9.18. The Balaban J connectivity index is 1.83. The number of hydrogen-bond acceptors (Lipinski definition) is 2. The van der Waals surface area contributed by atoms with Gasteiger partial charge in [0.05, 0.1) is 6.04 Å². The second-order valence-corrected chi connectivity index (χ2v) is 7.19. The summed E-state index contributed by atoms with van der Waals surface area (Å²) in [6.45, 7) is 4.35. The molecule has 23 heavy (non-hydrogen) atoms. The van der Waals surface area contributed by atoms with E-state index in [-0.39, 0.29) is 11.9 Å². The minimum atomic E-state index is -0.0956. The highest BCUT2D eigenvalue weighted by molar-refractivity contribution is 5.94. The van der Waals surface area contributed by atoms with E-state index >= 15 is 0 Å². The molecule has 2 N–H and O–H groups in total. The quantitative estimate of drug-likeness (QED) is 0.765. The van der Waals surface area contributed by atoms with Gasteiger partial charge in [-0.3, -0.25) is 4.79 Å². The lowest BCUT2D eigenvalue weighted by Gasteiger charge is -2.23. The zero-order valence-corrected chi connectivity index (χ0v) is 14.9. The van der Waals surface area contributed by atoms with Crippen LogP contribution in [0.3, 0.4) is 0 Å². The summed E-state index contributed by atoms with van der Waals surface area (Å²) in [5.41, 5.74) is 2.18. The molecule has 0 saturated heterocycles. The van der Waals surface area contributed by atoms with Gasteiger partial charge in [0, 0.05) is 5.69 Å². The summed E-state index contributed by atoms with van der Waals surface area (Å²) in [6, 6.07) is 8.09. The summed E-state index contributed by atoms with van der Waals surface area (Å²) < 4.78 is 0. The van der Waals surface area contributed by atoms with E-state index in [4.69, 9.17) is 0 Å². The third kappa shape index (κ3) is 5.65. The van der Waals surface area contributed by atoms with Gasteiger partial charge in [0.25, 0.3) is 0 Å². The average molecular weight is 316 g/mol. The lowest BCUT2D eigenvalue weighted by Crippen LogP contribution is -2.38. The van der Waals surface area contributed by atoms with Crippen LogP contribution >= 0.6 is 0 Å². The van der Waals surface area contributed by atoms with Gasteiger partial charge in [-0.25, -0.2) is 0 Å². The van der Waals surface area contributed by atoms with Gasteiger partial charge in [-0.1, -0.05) is 58.1 Å². The van der Waals surface area contributed by atoms with Crippen molar-refractivity contribution < 1.29 is 4.79 Å². The van der Waals surface area contributed by atoms with E-state index in [0.717, 1.165) is 24.4 Å². The highest BCUT2D eigenvalue weighted by Gasteiger charge is 2.20. The third-order valence-electron chi connectivity index (χ3n) is 5.10. The van der Waals surface area contributed by atoms with Crippen LogP contribution in [0.5, 0.6) is 0 Å². The summed E-state index contributed by atoms with van der Waals surface area (Å²) >= 11 is 0. The van der Waals surface area contributed by atoms with Gasteiger partial charge in [-0.05, 0) is 49.4 Å². The van der Waals surface area contributed by atoms with Gasteiger partial charge in [-0.15, -0.1) is 0 Å². The lowest BCUT2D eigenvalue weighted by molar-refractivity contribution is -0.118. The van der Waals surface area contributed by atoms with Crippen molar-refractivity contribution >= 4 is 11.6 Å². The Labute approximate surface area is 141 Å². The van der Waals surface area contributed by atoms with Crippen LogP contribution < -0.4 is 10.6 Å². The number of carbonyl (C=O) groups is 1. The van der Waals surface area contributed by atoms with Crippen molar-refractivity contribution in [3.05, 3.63) is 29.8 Å². The smallest absolute Gasteiger partial charge is 0.241 e. The van der Waals surface area contributed by atoms with Crippen molar-refractivity contribution in [3.63, 3.8) is 0 Å². The van der Waals surface area contributed by atoms with Crippen molar-refractivity contribution in [3.8, 4) is 0 Å². The number of hydrogen-bond donors (Lipinski definition) is 2. The fourth-order valence-electron chi connectivity index (χ4n) is 3.47. The first-order valence-corrected chi connectivity index (χ1v) is 9.18. The molecule has 128 valence electrons. The normalized spacial score (nSPS) is 17.2. The van der Waals surface area contributed by atoms with Crippen LogP contribution in [0.4, 0.5) is 5.69 Å². The molecule has 3 nitrogen and oxygen atoms in total. The predicted molar refractivity (Wildman–Crippen MR) is 97.8 cm³/mol. The van der Waals surface area contributed by atoms with Crippen molar-refractivity contribution in [2.24, 2.45) is 5.92 Å². The molecule has 1 unspecified atom stereocenters. The summed E-state index contributed by atoms with van der Waals surface area (Å²) in [5, 5.41) is 6.22. The van der Waals surface area contributed by atoms with Crippen LogP contribution in [0, 0.1) is 5.92 Å². The van der Waals surface area contributed by atoms with Gasteiger partial charge in [0.2, 0.25) is 5.91 Å². The summed E-state index contributed by atoms with van der Waals surface area (Å²) in [7, 11) is 1.88. The van der Waals surface area contributed by atoms with Crippen molar-refractivity contribution in [1.29, 1.82) is 0 Å². The summed E-state index contributed by atoms with van der Waals surface area (Å²) in [4.78, 5) is 12.5. The fourth-order valence-corrected chi connectivity index (χ4v) is 3.47. The Bertz CT molecular complexity index is 475. The molecule has 1 fully saturated rings. The van der Waals surface area contributed by atoms with Crippen LogP contribution in [0.25, 0.3) is 0 Å². The molecular formula is C20H32N2O. The predicted octanol–water partition coefficient (Wildman–Crippen LogP) is 4.70. The molecule has 0 bridgehead atoms. The molecule has 0 spiro atoms. The van der Waals surface area contributed by atoms with Crippen LogP contribution in [0.2, 0.25) is 0 Å². The molecular weight excluding hydrogens is 284 g/mol. The van der Waals surface area contributed by atoms with Gasteiger partial charge in [0.15, 0.2) is 0 Å². The molecule has 1 atom stereocenters. The van der Waals surface area contributed by atoms with Crippen LogP contribution in [0.1, 0.15) is 70.3 Å². The van der Waals surface area contributed by atoms with Crippen molar-refractivity contribution in [2.45, 2.75) is 70.8 Å². The number of amides is 1. The van der Waals surface area contributed by atoms with Gasteiger partial charge < -0.3 is 10.6 Å². The van der Waals surface area contributed by atoms with Crippen molar-refractivity contribution in [2.75, 3.05) is 12.4 Å². The van der Waals surface area contributed by atoms with E-state index in [9.17, 15) is 4.79 Å². The largest absolute Gasteiger partial charge is 0.325 e. The molecule has 1 saturated carbocycles. The summed E-state index contributed by atoms with van der Waals surface area (Å²) in [6.07, 6.45) is 8.89. The molecule has 0 aromatic heterocycles. The number of anilines is 1. The maximum absolute atomic E-state index is 12.5. The molecule has 1 aliphatic rings. The molecule has 0 aliphatic heterocycles. The van der Waals surface area contributed by atoms with E-state index in [1.165, 1.54) is 37.7 Å². The average Bonchev–Trinajstić information content (AvgIpc) is 2.57. The Hall–Kier alpha value is -1.35. The molecule has 1 amide bonds. The highest BCUT2D eigenvalue weighted by Crippen LogP contribution is 2.27. The molecule has 1 aromatic carbocycles. The van der Waals surface area contributed by atoms with E-state index < -0.39 is 0 Å². The zero-order valence-electron chi connectivity index (χ0n) is 14.9. The highest BCUT2D eigenvalue weighted by atomic mass is 16.2. The van der Waals surface area contributed by atoms with Gasteiger partial charge in [-0.2, -0.15) is 0 Å². The Morgan fingerprint density at radius 3 is 2.35 bits per heavy atom. The van der Waals surface area contributed by atoms with Gasteiger partial charge in [0.1, 0.15) is 0 Å². The topological polar surface area (TPSA) is 41.1 Å². The minimum absolute atomic E-state index is 0.0839. The van der Waals surface area contributed by atoms with Gasteiger partial charge >= 0.3 is 0 Å². The van der Waals surface area contributed by atoms with E-state index in [0.29, 0.717) is 5.92 Å². The Morgan fingerprint density at radius 1 is 1.13 bits per heavy atom. The standard InChI is InChI=1S/C20H32N2O/c1-15(2)17-10-12-18(13-11-17)22-20(23)19(21-3)14-9-16-7-5-4-6-8-16/h10-13,15-16,19,21H,4-9,14H2,1-3H3,(H,22,23). The first-order chi connectivity index (χ1) is 11.1. The molecule has 0 heterocycles. The SMILES string of the molecule is CNC(CCC1CCCCC1)C(=O)Nc1ccc(C(C)C)cc1. The van der Waals surface area contributed by atoms with E-state index in [1.54, 1.807) is 0 Å². The van der Waals surface area contributed by atoms with E-state index in [2.05, 4.69) is 36.6 Å². The number of carbonyl (C=O) groups excluding carboxylic acids is 1. The maximum Gasteiger partial charge on any atom is 0.241 e. The lowest BCUT2D eigenvalue weighted by atomic mass is 9.85. The third-order valence-corrected chi connectivity index (χ3v) is 5.10. The monoisotopic (exact) mass is 316 g/mol. The minimum Gasteiger partial charge on any atom is -0.325 e. The second kappa shape index (κ2) is 9.07. The first kappa shape index (κ1) is 18.0.